The lowest BCUT2D eigenvalue weighted by atomic mass is 10.2. The van der Waals surface area contributed by atoms with Gasteiger partial charge in [-0.15, -0.1) is 11.3 Å². The highest BCUT2D eigenvalue weighted by Gasteiger charge is 2.23. The van der Waals surface area contributed by atoms with E-state index in [2.05, 4.69) is 15.0 Å². The summed E-state index contributed by atoms with van der Waals surface area (Å²) in [6.45, 7) is 1.42. The molecule has 0 spiro atoms. The van der Waals surface area contributed by atoms with Crippen molar-refractivity contribution in [1.29, 1.82) is 0 Å². The standard InChI is InChI=1S/C15H14N6O3S/c16-8-1-3-20(6-8)10-5-18-11-12(22)9(14(23)24)7-21(13(11)19-10)15-17-2-4-25-15/h2,4-5,7-8H,1,3,6,16H2,(H,23,24)/t8-/m1/s1. The molecule has 0 amide bonds. The molecule has 4 heterocycles. The van der Waals surface area contributed by atoms with E-state index in [0.717, 1.165) is 13.0 Å². The Bertz CT molecular complexity index is 1020. The van der Waals surface area contributed by atoms with Gasteiger partial charge in [-0.3, -0.25) is 9.36 Å². The smallest absolute Gasteiger partial charge is 0.341 e. The number of anilines is 1. The van der Waals surface area contributed by atoms with E-state index in [-0.39, 0.29) is 22.8 Å². The Morgan fingerprint density at radius 2 is 2.24 bits per heavy atom. The van der Waals surface area contributed by atoms with E-state index >= 15 is 0 Å². The lowest BCUT2D eigenvalue weighted by Crippen LogP contribution is -2.27. The lowest BCUT2D eigenvalue weighted by Gasteiger charge is -2.17. The minimum Gasteiger partial charge on any atom is -0.477 e. The molecule has 1 fully saturated rings. The third-order valence-corrected chi connectivity index (χ3v) is 4.86. The van der Waals surface area contributed by atoms with Crippen LogP contribution in [0.15, 0.2) is 28.8 Å². The third-order valence-electron chi connectivity index (χ3n) is 4.09. The van der Waals surface area contributed by atoms with E-state index in [4.69, 9.17) is 5.73 Å². The van der Waals surface area contributed by atoms with Gasteiger partial charge in [0.15, 0.2) is 16.3 Å². The Kier molecular flexibility index (Phi) is 3.70. The number of hydrogen-bond donors (Lipinski definition) is 2. The molecule has 0 bridgehead atoms. The molecule has 0 aliphatic carbocycles. The van der Waals surface area contributed by atoms with Gasteiger partial charge in [-0.05, 0) is 6.42 Å². The fourth-order valence-electron chi connectivity index (χ4n) is 2.86. The summed E-state index contributed by atoms with van der Waals surface area (Å²) in [5, 5.41) is 11.6. The SMILES string of the molecule is N[C@@H]1CCN(c2cnc3c(=O)c(C(=O)O)cn(-c4nccs4)c3n2)C1. The van der Waals surface area contributed by atoms with Gasteiger partial charge >= 0.3 is 5.97 Å². The fourth-order valence-corrected chi connectivity index (χ4v) is 3.47. The van der Waals surface area contributed by atoms with Crippen LogP contribution in [0.2, 0.25) is 0 Å². The van der Waals surface area contributed by atoms with Gasteiger partial charge in [0.2, 0.25) is 5.43 Å². The second kappa shape index (κ2) is 5.90. The monoisotopic (exact) mass is 358 g/mol. The predicted octanol–water partition coefficient (Wildman–Crippen LogP) is 0.473. The normalized spacial score (nSPS) is 17.3. The van der Waals surface area contributed by atoms with Gasteiger partial charge in [0.05, 0.1) is 6.20 Å². The molecule has 25 heavy (non-hydrogen) atoms. The van der Waals surface area contributed by atoms with Crippen LogP contribution >= 0.6 is 11.3 Å². The molecule has 3 N–H and O–H groups in total. The highest BCUT2D eigenvalue weighted by atomic mass is 32.1. The van der Waals surface area contributed by atoms with Crippen LogP contribution in [-0.2, 0) is 0 Å². The first-order valence-corrected chi connectivity index (χ1v) is 8.48. The summed E-state index contributed by atoms with van der Waals surface area (Å²) < 4.78 is 1.50. The van der Waals surface area contributed by atoms with Crippen molar-refractivity contribution in [2.24, 2.45) is 5.73 Å². The summed E-state index contributed by atoms with van der Waals surface area (Å²) in [4.78, 5) is 38.8. The van der Waals surface area contributed by atoms with Gasteiger partial charge in [-0.25, -0.2) is 19.7 Å². The van der Waals surface area contributed by atoms with Crippen LogP contribution in [0, 0.1) is 0 Å². The zero-order chi connectivity index (χ0) is 17.6. The van der Waals surface area contributed by atoms with Gasteiger partial charge in [-0.2, -0.15) is 0 Å². The quantitative estimate of drug-likeness (QED) is 0.692. The van der Waals surface area contributed by atoms with Crippen molar-refractivity contribution >= 4 is 34.3 Å². The minimum atomic E-state index is -1.31. The summed E-state index contributed by atoms with van der Waals surface area (Å²) in [5.41, 5.74) is 5.20. The predicted molar refractivity (Wildman–Crippen MR) is 92.6 cm³/mol. The number of carboxylic acids is 1. The lowest BCUT2D eigenvalue weighted by molar-refractivity contribution is 0.0695. The molecule has 0 unspecified atom stereocenters. The first kappa shape index (κ1) is 15.7. The van der Waals surface area contributed by atoms with Crippen molar-refractivity contribution in [1.82, 2.24) is 19.5 Å². The molecule has 10 heteroatoms. The molecule has 0 radical (unpaired) electrons. The second-order valence-corrected chi connectivity index (χ2v) is 6.63. The van der Waals surface area contributed by atoms with Gasteiger partial charge < -0.3 is 15.7 Å². The zero-order valence-corrected chi connectivity index (χ0v) is 13.8. The topological polar surface area (TPSA) is 127 Å². The Labute approximate surface area is 145 Å². The molecule has 9 nitrogen and oxygen atoms in total. The van der Waals surface area contributed by atoms with Crippen LogP contribution in [0.1, 0.15) is 16.8 Å². The number of carboxylic acid groups (broad SMARTS) is 1. The van der Waals surface area contributed by atoms with Crippen molar-refractivity contribution in [3.8, 4) is 5.13 Å². The average molecular weight is 358 g/mol. The van der Waals surface area contributed by atoms with E-state index in [1.807, 2.05) is 4.90 Å². The van der Waals surface area contributed by atoms with Crippen molar-refractivity contribution in [2.45, 2.75) is 12.5 Å². The molecule has 3 aromatic rings. The van der Waals surface area contributed by atoms with Crippen molar-refractivity contribution in [3.05, 3.63) is 39.8 Å². The Hall–Kier alpha value is -2.85. The van der Waals surface area contributed by atoms with Crippen LogP contribution in [0.4, 0.5) is 5.82 Å². The van der Waals surface area contributed by atoms with Crippen LogP contribution in [0.3, 0.4) is 0 Å². The van der Waals surface area contributed by atoms with Crippen LogP contribution < -0.4 is 16.1 Å². The van der Waals surface area contributed by atoms with E-state index in [0.29, 0.717) is 17.5 Å². The average Bonchev–Trinajstić information content (AvgIpc) is 3.26. The number of hydrogen-bond acceptors (Lipinski definition) is 8. The molecule has 1 aliphatic rings. The number of thiazole rings is 1. The van der Waals surface area contributed by atoms with Crippen LogP contribution in [0.5, 0.6) is 0 Å². The summed E-state index contributed by atoms with van der Waals surface area (Å²) in [7, 11) is 0. The molecule has 1 saturated heterocycles. The third kappa shape index (κ3) is 2.65. The maximum Gasteiger partial charge on any atom is 0.341 e. The first-order valence-electron chi connectivity index (χ1n) is 7.60. The number of nitrogens with zero attached hydrogens (tertiary/aromatic N) is 5. The van der Waals surface area contributed by atoms with Gasteiger partial charge in [-0.1, -0.05) is 0 Å². The fraction of sp³-hybridized carbons (Fsp3) is 0.267. The molecule has 0 aromatic carbocycles. The number of aromatic carboxylic acids is 1. The van der Waals surface area contributed by atoms with E-state index in [1.54, 1.807) is 11.6 Å². The molecular weight excluding hydrogens is 344 g/mol. The molecule has 0 saturated carbocycles. The summed E-state index contributed by atoms with van der Waals surface area (Å²) in [6.07, 6.45) is 5.19. The number of nitrogens with two attached hydrogens (primary N) is 1. The molecule has 4 rings (SSSR count). The number of carbonyl (C=O) groups is 1. The van der Waals surface area contributed by atoms with Crippen LogP contribution in [-0.4, -0.2) is 49.7 Å². The Balaban J connectivity index is 1.97. The number of aromatic nitrogens is 4. The molecule has 1 aliphatic heterocycles. The Morgan fingerprint density at radius 3 is 2.88 bits per heavy atom. The molecular formula is C15H14N6O3S. The maximum absolute atomic E-state index is 12.4. The van der Waals surface area contributed by atoms with Crippen molar-refractivity contribution in [2.75, 3.05) is 18.0 Å². The molecule has 128 valence electrons. The maximum atomic E-state index is 12.4. The summed E-state index contributed by atoms with van der Waals surface area (Å²) in [5.74, 6) is -0.707. The first-order chi connectivity index (χ1) is 12.0. The highest BCUT2D eigenvalue weighted by molar-refractivity contribution is 7.12. The summed E-state index contributed by atoms with van der Waals surface area (Å²) in [6, 6.07) is 0.0769. The zero-order valence-electron chi connectivity index (χ0n) is 13.0. The van der Waals surface area contributed by atoms with E-state index in [1.165, 1.54) is 28.3 Å². The molecule has 3 aromatic heterocycles. The number of fused-ring (bicyclic) bond motifs is 1. The number of rotatable bonds is 3. The highest BCUT2D eigenvalue weighted by Crippen LogP contribution is 2.21. The van der Waals surface area contributed by atoms with E-state index < -0.39 is 11.4 Å². The largest absolute Gasteiger partial charge is 0.477 e. The van der Waals surface area contributed by atoms with Gasteiger partial charge in [0, 0.05) is 36.9 Å². The number of pyridine rings is 1. The van der Waals surface area contributed by atoms with Crippen molar-refractivity contribution < 1.29 is 9.90 Å². The Morgan fingerprint density at radius 1 is 1.40 bits per heavy atom. The van der Waals surface area contributed by atoms with Crippen molar-refractivity contribution in [3.63, 3.8) is 0 Å². The minimum absolute atomic E-state index is 0.00217. The van der Waals surface area contributed by atoms with Gasteiger partial charge in [0.1, 0.15) is 11.4 Å². The van der Waals surface area contributed by atoms with Crippen LogP contribution in [0.25, 0.3) is 16.3 Å². The second-order valence-electron chi connectivity index (χ2n) is 5.76. The summed E-state index contributed by atoms with van der Waals surface area (Å²) >= 11 is 1.31. The van der Waals surface area contributed by atoms with E-state index in [9.17, 15) is 14.7 Å². The van der Waals surface area contributed by atoms with Gasteiger partial charge in [0.25, 0.3) is 0 Å². The molecule has 1 atom stereocenters.